The third kappa shape index (κ3) is 1.08. The lowest BCUT2D eigenvalue weighted by Crippen LogP contribution is -2.75. The van der Waals surface area contributed by atoms with Crippen molar-refractivity contribution in [3.63, 3.8) is 0 Å². The summed E-state index contributed by atoms with van der Waals surface area (Å²) < 4.78 is 6.30. The quantitative estimate of drug-likeness (QED) is 0.840. The lowest BCUT2D eigenvalue weighted by Gasteiger charge is -2.63. The number of ketones is 2. The molecule has 0 saturated heterocycles. The van der Waals surface area contributed by atoms with Crippen molar-refractivity contribution in [2.75, 3.05) is 0 Å². The summed E-state index contributed by atoms with van der Waals surface area (Å²) >= 11 is 0. The fourth-order valence-electron chi connectivity index (χ4n) is 5.77. The largest absolute Gasteiger partial charge is 0.363 e. The molecule has 5 rings (SSSR count). The Labute approximate surface area is 130 Å². The van der Waals surface area contributed by atoms with Gasteiger partial charge in [-0.15, -0.1) is 0 Å². The molecule has 22 heavy (non-hydrogen) atoms. The molecule has 4 aliphatic rings. The number of carbonyl (C=O) groups is 2. The normalized spacial score (nSPS) is 35.3. The van der Waals surface area contributed by atoms with Gasteiger partial charge in [0.25, 0.3) is 0 Å². The number of rotatable bonds is 2. The average Bonchev–Trinajstić information content (AvgIpc) is 3.36. The standard InChI is InChI=1S/C19H20O3/c1-11(2)22-19-15(17(7-8-17)18(19)9-10-18)14(20)12-5-3-4-6-13(12)16(19)21/h3-6,11,15H,7-10H2,1-2H3. The summed E-state index contributed by atoms with van der Waals surface area (Å²) in [5, 5.41) is 0. The number of benzene rings is 1. The molecule has 114 valence electrons. The lowest BCUT2D eigenvalue weighted by atomic mass is 9.42. The fraction of sp³-hybridized carbons (Fsp3) is 0.579. The molecule has 2 atom stereocenters. The van der Waals surface area contributed by atoms with E-state index in [1.54, 1.807) is 6.07 Å². The van der Waals surface area contributed by atoms with Crippen LogP contribution in [-0.2, 0) is 4.74 Å². The molecule has 4 aliphatic carbocycles. The van der Waals surface area contributed by atoms with Crippen LogP contribution in [0, 0.1) is 16.7 Å². The Morgan fingerprint density at radius 1 is 1.05 bits per heavy atom. The maximum Gasteiger partial charge on any atom is 0.196 e. The molecular weight excluding hydrogens is 276 g/mol. The third-order valence-electron chi connectivity index (χ3n) is 6.62. The molecule has 0 radical (unpaired) electrons. The molecule has 0 aliphatic heterocycles. The van der Waals surface area contributed by atoms with Gasteiger partial charge in [0, 0.05) is 16.5 Å². The Balaban J connectivity index is 1.76. The molecule has 3 nitrogen and oxygen atoms in total. The van der Waals surface area contributed by atoms with Crippen LogP contribution >= 0.6 is 0 Å². The highest BCUT2D eigenvalue weighted by atomic mass is 16.5. The van der Waals surface area contributed by atoms with Gasteiger partial charge >= 0.3 is 0 Å². The van der Waals surface area contributed by atoms with Crippen molar-refractivity contribution in [2.45, 2.75) is 51.2 Å². The van der Waals surface area contributed by atoms with Crippen LogP contribution in [0.3, 0.4) is 0 Å². The molecule has 1 aromatic rings. The fourth-order valence-corrected chi connectivity index (χ4v) is 5.77. The van der Waals surface area contributed by atoms with Crippen LogP contribution < -0.4 is 0 Å². The smallest absolute Gasteiger partial charge is 0.196 e. The number of hydrogen-bond donors (Lipinski definition) is 0. The van der Waals surface area contributed by atoms with Crippen LogP contribution in [0.15, 0.2) is 24.3 Å². The highest BCUT2D eigenvalue weighted by Crippen LogP contribution is 2.89. The summed E-state index contributed by atoms with van der Waals surface area (Å²) in [7, 11) is 0. The zero-order chi connectivity index (χ0) is 15.3. The van der Waals surface area contributed by atoms with E-state index in [0.717, 1.165) is 25.7 Å². The number of Topliss-reactive ketones (excluding diaryl/α,β-unsaturated/α-hetero) is 2. The molecule has 2 spiro atoms. The van der Waals surface area contributed by atoms with Crippen LogP contribution in [0.1, 0.15) is 60.2 Å². The molecule has 0 heterocycles. The van der Waals surface area contributed by atoms with Crippen molar-refractivity contribution in [3.8, 4) is 0 Å². The van der Waals surface area contributed by atoms with E-state index >= 15 is 0 Å². The van der Waals surface area contributed by atoms with E-state index in [1.165, 1.54) is 0 Å². The first-order valence-electron chi connectivity index (χ1n) is 8.36. The second-order valence-corrected chi connectivity index (χ2v) is 7.81. The Morgan fingerprint density at radius 2 is 1.68 bits per heavy atom. The molecule has 3 fully saturated rings. The van der Waals surface area contributed by atoms with E-state index in [0.29, 0.717) is 11.1 Å². The molecule has 0 N–H and O–H groups in total. The predicted octanol–water partition coefficient (Wildman–Crippen LogP) is 3.42. The lowest BCUT2D eigenvalue weighted by molar-refractivity contribution is -0.225. The number of fused-ring (bicyclic) bond motifs is 5. The van der Waals surface area contributed by atoms with E-state index in [2.05, 4.69) is 0 Å². The first kappa shape index (κ1) is 13.0. The van der Waals surface area contributed by atoms with E-state index in [-0.39, 0.29) is 34.4 Å². The van der Waals surface area contributed by atoms with Crippen molar-refractivity contribution in [3.05, 3.63) is 35.4 Å². The highest BCUT2D eigenvalue weighted by molar-refractivity contribution is 6.21. The van der Waals surface area contributed by atoms with Gasteiger partial charge in [-0.3, -0.25) is 9.59 Å². The maximum absolute atomic E-state index is 13.4. The third-order valence-corrected chi connectivity index (χ3v) is 6.62. The predicted molar refractivity (Wildman–Crippen MR) is 80.9 cm³/mol. The van der Waals surface area contributed by atoms with Crippen molar-refractivity contribution >= 4 is 11.6 Å². The number of carbonyl (C=O) groups excluding carboxylic acids is 2. The van der Waals surface area contributed by atoms with Gasteiger partial charge in [-0.05, 0) is 44.9 Å². The minimum atomic E-state index is -0.872. The van der Waals surface area contributed by atoms with Crippen LogP contribution in [0.5, 0.6) is 0 Å². The number of ether oxygens (including phenoxy) is 1. The van der Waals surface area contributed by atoms with Crippen molar-refractivity contribution in [2.24, 2.45) is 16.7 Å². The van der Waals surface area contributed by atoms with Crippen molar-refractivity contribution < 1.29 is 14.3 Å². The Kier molecular flexibility index (Phi) is 2.09. The molecule has 0 bridgehead atoms. The monoisotopic (exact) mass is 296 g/mol. The zero-order valence-electron chi connectivity index (χ0n) is 13.0. The van der Waals surface area contributed by atoms with Gasteiger partial charge in [-0.1, -0.05) is 24.3 Å². The van der Waals surface area contributed by atoms with Crippen LogP contribution in [-0.4, -0.2) is 23.3 Å². The number of hydrogen-bond acceptors (Lipinski definition) is 3. The van der Waals surface area contributed by atoms with Gasteiger partial charge in [-0.25, -0.2) is 0 Å². The summed E-state index contributed by atoms with van der Waals surface area (Å²) in [5.41, 5.74) is 0.342. The Morgan fingerprint density at radius 3 is 2.23 bits per heavy atom. The maximum atomic E-state index is 13.4. The van der Waals surface area contributed by atoms with Gasteiger partial charge in [-0.2, -0.15) is 0 Å². The summed E-state index contributed by atoms with van der Waals surface area (Å²) in [5.74, 6) is -0.0328. The molecule has 0 aromatic heterocycles. The Bertz CT molecular complexity index is 724. The SMILES string of the molecule is CC(C)OC12C(=O)c3ccccc3C(=O)C1C1(CC1)C21CC1. The topological polar surface area (TPSA) is 43.4 Å². The molecule has 3 saturated carbocycles. The minimum Gasteiger partial charge on any atom is -0.363 e. The van der Waals surface area contributed by atoms with E-state index < -0.39 is 5.60 Å². The van der Waals surface area contributed by atoms with Gasteiger partial charge < -0.3 is 4.74 Å². The average molecular weight is 296 g/mol. The molecular formula is C19H20O3. The molecule has 2 unspecified atom stereocenters. The van der Waals surface area contributed by atoms with Gasteiger partial charge in [0.1, 0.15) is 5.60 Å². The second kappa shape index (κ2) is 3.53. The van der Waals surface area contributed by atoms with Gasteiger partial charge in [0.15, 0.2) is 11.6 Å². The summed E-state index contributed by atoms with van der Waals surface area (Å²) in [6.45, 7) is 3.94. The molecule has 0 amide bonds. The first-order valence-corrected chi connectivity index (χ1v) is 8.36. The molecule has 1 aromatic carbocycles. The second-order valence-electron chi connectivity index (χ2n) is 7.81. The summed E-state index contributed by atoms with van der Waals surface area (Å²) in [6.07, 6.45) is 4.21. The summed E-state index contributed by atoms with van der Waals surface area (Å²) in [4.78, 5) is 26.5. The van der Waals surface area contributed by atoms with E-state index in [4.69, 9.17) is 4.74 Å². The zero-order valence-corrected chi connectivity index (χ0v) is 13.0. The van der Waals surface area contributed by atoms with Crippen molar-refractivity contribution in [1.29, 1.82) is 0 Å². The minimum absolute atomic E-state index is 0.0434. The van der Waals surface area contributed by atoms with Crippen LogP contribution in [0.4, 0.5) is 0 Å². The first-order chi connectivity index (χ1) is 10.5. The van der Waals surface area contributed by atoms with Gasteiger partial charge in [0.2, 0.25) is 0 Å². The van der Waals surface area contributed by atoms with Crippen LogP contribution in [0.2, 0.25) is 0 Å². The van der Waals surface area contributed by atoms with E-state index in [1.807, 2.05) is 32.0 Å². The van der Waals surface area contributed by atoms with Crippen molar-refractivity contribution in [1.82, 2.24) is 0 Å². The summed E-state index contributed by atoms with van der Waals surface area (Å²) in [6, 6.07) is 7.30. The highest BCUT2D eigenvalue weighted by Gasteiger charge is 2.92. The van der Waals surface area contributed by atoms with E-state index in [9.17, 15) is 9.59 Å². The van der Waals surface area contributed by atoms with Gasteiger partial charge in [0.05, 0.1) is 12.0 Å². The van der Waals surface area contributed by atoms with Crippen LogP contribution in [0.25, 0.3) is 0 Å². The molecule has 3 heteroatoms. The Hall–Kier alpha value is -1.48.